The van der Waals surface area contributed by atoms with Gasteiger partial charge in [-0.25, -0.2) is 0 Å². The largest absolute Gasteiger partial charge is 0.340 e. The van der Waals surface area contributed by atoms with Gasteiger partial charge >= 0.3 is 0 Å². The third-order valence-electron chi connectivity index (χ3n) is 3.73. The van der Waals surface area contributed by atoms with Crippen molar-refractivity contribution in [2.24, 2.45) is 7.05 Å². The molecule has 0 bridgehead atoms. The number of hydrogen-bond acceptors (Lipinski definition) is 2. The molecule has 0 aliphatic carbocycles. The fraction of sp³-hybridized carbons (Fsp3) is 0.312. The monoisotopic (exact) mass is 331 g/mol. The van der Waals surface area contributed by atoms with Crippen molar-refractivity contribution in [2.45, 2.75) is 26.4 Å². The molecular weight excluding hydrogens is 314 g/mol. The molecule has 0 unspecified atom stereocenters. The number of nitriles is 1. The van der Waals surface area contributed by atoms with Gasteiger partial charge in [-0.05, 0) is 37.1 Å². The van der Waals surface area contributed by atoms with Crippen LogP contribution < -0.4 is 5.32 Å². The summed E-state index contributed by atoms with van der Waals surface area (Å²) in [6, 6.07) is 12.6. The van der Waals surface area contributed by atoms with Crippen LogP contribution in [0.15, 0.2) is 34.8 Å². The lowest BCUT2D eigenvalue weighted by atomic mass is 10.1. The van der Waals surface area contributed by atoms with Crippen LogP contribution in [0.2, 0.25) is 0 Å². The summed E-state index contributed by atoms with van der Waals surface area (Å²) < 4.78 is 3.04. The molecule has 1 aromatic carbocycles. The van der Waals surface area contributed by atoms with Gasteiger partial charge in [0.1, 0.15) is 11.8 Å². The average molecular weight is 332 g/mol. The minimum Gasteiger partial charge on any atom is -0.340 e. The zero-order chi connectivity index (χ0) is 14.7. The Kier molecular flexibility index (Phi) is 4.64. The second-order valence-electron chi connectivity index (χ2n) is 4.94. The van der Waals surface area contributed by atoms with E-state index in [2.05, 4.69) is 46.4 Å². The Labute approximate surface area is 128 Å². The number of halogens is 1. The summed E-state index contributed by atoms with van der Waals surface area (Å²) in [5.74, 6) is 0. The summed E-state index contributed by atoms with van der Waals surface area (Å²) in [6.45, 7) is 4.94. The van der Waals surface area contributed by atoms with Crippen LogP contribution in [0.1, 0.15) is 35.5 Å². The fourth-order valence-corrected chi connectivity index (χ4v) is 2.88. The predicted octanol–water partition coefficient (Wildman–Crippen LogP) is 3.82. The van der Waals surface area contributed by atoms with Gasteiger partial charge in [0.15, 0.2) is 0 Å². The van der Waals surface area contributed by atoms with Crippen molar-refractivity contribution in [1.82, 2.24) is 9.88 Å². The number of benzene rings is 1. The van der Waals surface area contributed by atoms with Crippen LogP contribution in [0, 0.1) is 18.3 Å². The topological polar surface area (TPSA) is 40.8 Å². The predicted molar refractivity (Wildman–Crippen MR) is 84.3 cm³/mol. The van der Waals surface area contributed by atoms with Gasteiger partial charge < -0.3 is 9.88 Å². The molecule has 0 amide bonds. The van der Waals surface area contributed by atoms with E-state index in [0.29, 0.717) is 5.69 Å². The minimum absolute atomic E-state index is 0.246. The minimum atomic E-state index is 0.246. The fourth-order valence-electron chi connectivity index (χ4n) is 2.25. The Hall–Kier alpha value is -1.57. The SMILES string of the molecule is Cc1c(CN[C@H](C)c2ccccc2Br)cc(C#N)n1C. The van der Waals surface area contributed by atoms with Crippen molar-refractivity contribution >= 4 is 15.9 Å². The quantitative estimate of drug-likeness (QED) is 0.925. The first-order valence-electron chi connectivity index (χ1n) is 6.57. The second-order valence-corrected chi connectivity index (χ2v) is 5.79. The summed E-state index contributed by atoms with van der Waals surface area (Å²) in [5, 5.41) is 12.6. The van der Waals surface area contributed by atoms with Crippen LogP contribution in [0.5, 0.6) is 0 Å². The highest BCUT2D eigenvalue weighted by atomic mass is 79.9. The van der Waals surface area contributed by atoms with E-state index in [-0.39, 0.29) is 6.04 Å². The summed E-state index contributed by atoms with van der Waals surface area (Å²) in [7, 11) is 1.93. The molecule has 0 aliphatic heterocycles. The molecule has 2 rings (SSSR count). The van der Waals surface area contributed by atoms with Gasteiger partial charge in [0.05, 0.1) is 0 Å². The molecular formula is C16H18BrN3. The highest BCUT2D eigenvalue weighted by molar-refractivity contribution is 9.10. The van der Waals surface area contributed by atoms with Crippen molar-refractivity contribution < 1.29 is 0 Å². The van der Waals surface area contributed by atoms with Crippen molar-refractivity contribution in [3.05, 3.63) is 57.3 Å². The molecule has 0 aliphatic rings. The maximum absolute atomic E-state index is 9.05. The Bertz CT molecular complexity index is 652. The van der Waals surface area contributed by atoms with Gasteiger partial charge in [-0.15, -0.1) is 0 Å². The Morgan fingerprint density at radius 1 is 1.40 bits per heavy atom. The third kappa shape index (κ3) is 2.95. The zero-order valence-corrected chi connectivity index (χ0v) is 13.5. The molecule has 2 aromatic rings. The molecule has 4 heteroatoms. The molecule has 3 nitrogen and oxygen atoms in total. The molecule has 0 saturated carbocycles. The van der Waals surface area contributed by atoms with E-state index >= 15 is 0 Å². The van der Waals surface area contributed by atoms with Crippen molar-refractivity contribution in [1.29, 1.82) is 5.26 Å². The molecule has 1 aromatic heterocycles. The number of aromatic nitrogens is 1. The highest BCUT2D eigenvalue weighted by Crippen LogP contribution is 2.23. The van der Waals surface area contributed by atoms with Gasteiger partial charge in [-0.2, -0.15) is 5.26 Å². The van der Waals surface area contributed by atoms with E-state index in [9.17, 15) is 0 Å². The molecule has 20 heavy (non-hydrogen) atoms. The maximum atomic E-state index is 9.05. The van der Waals surface area contributed by atoms with Gasteiger partial charge in [0.25, 0.3) is 0 Å². The lowest BCUT2D eigenvalue weighted by Crippen LogP contribution is -2.18. The molecule has 0 fully saturated rings. The lowest BCUT2D eigenvalue weighted by Gasteiger charge is -2.15. The van der Waals surface area contributed by atoms with Crippen molar-refractivity contribution in [3.63, 3.8) is 0 Å². The smallest absolute Gasteiger partial charge is 0.120 e. The van der Waals surface area contributed by atoms with Crippen LogP contribution in [-0.2, 0) is 13.6 Å². The highest BCUT2D eigenvalue weighted by Gasteiger charge is 2.11. The summed E-state index contributed by atoms with van der Waals surface area (Å²) >= 11 is 3.58. The summed E-state index contributed by atoms with van der Waals surface area (Å²) in [5.41, 5.74) is 4.24. The number of nitrogens with zero attached hydrogens (tertiary/aromatic N) is 2. The maximum Gasteiger partial charge on any atom is 0.120 e. The van der Waals surface area contributed by atoms with E-state index in [0.717, 1.165) is 16.7 Å². The van der Waals surface area contributed by atoms with Crippen LogP contribution in [0.25, 0.3) is 0 Å². The second kappa shape index (κ2) is 6.25. The molecule has 1 heterocycles. The Balaban J connectivity index is 2.10. The number of rotatable bonds is 4. The zero-order valence-electron chi connectivity index (χ0n) is 11.9. The lowest BCUT2D eigenvalue weighted by molar-refractivity contribution is 0.571. The van der Waals surface area contributed by atoms with E-state index < -0.39 is 0 Å². The molecule has 0 spiro atoms. The van der Waals surface area contributed by atoms with Gasteiger partial charge in [-0.1, -0.05) is 34.1 Å². The standard InChI is InChI=1S/C16H18BrN3/c1-11(15-6-4-5-7-16(15)17)19-10-13-8-14(9-18)20(3)12(13)2/h4-8,11,19H,10H2,1-3H3/t11-/m1/s1. The van der Waals surface area contributed by atoms with Gasteiger partial charge in [0.2, 0.25) is 0 Å². The molecule has 1 N–H and O–H groups in total. The van der Waals surface area contributed by atoms with Crippen molar-refractivity contribution in [3.8, 4) is 6.07 Å². The molecule has 0 saturated heterocycles. The third-order valence-corrected chi connectivity index (χ3v) is 4.45. The van der Waals surface area contributed by atoms with E-state index in [1.807, 2.05) is 36.7 Å². The number of hydrogen-bond donors (Lipinski definition) is 1. The summed E-state index contributed by atoms with van der Waals surface area (Å²) in [6.07, 6.45) is 0. The molecule has 104 valence electrons. The summed E-state index contributed by atoms with van der Waals surface area (Å²) in [4.78, 5) is 0. The van der Waals surface area contributed by atoms with Crippen LogP contribution >= 0.6 is 15.9 Å². The van der Waals surface area contributed by atoms with Crippen LogP contribution in [0.3, 0.4) is 0 Å². The molecule has 0 radical (unpaired) electrons. The Morgan fingerprint density at radius 3 is 2.70 bits per heavy atom. The van der Waals surface area contributed by atoms with Crippen LogP contribution in [-0.4, -0.2) is 4.57 Å². The first-order chi connectivity index (χ1) is 9.54. The normalized spacial score (nSPS) is 12.2. The van der Waals surface area contributed by atoms with Crippen molar-refractivity contribution in [2.75, 3.05) is 0 Å². The average Bonchev–Trinajstić information content (AvgIpc) is 2.72. The van der Waals surface area contributed by atoms with Crippen LogP contribution in [0.4, 0.5) is 0 Å². The molecule has 1 atom stereocenters. The van der Waals surface area contributed by atoms with E-state index in [1.165, 1.54) is 11.1 Å². The van der Waals surface area contributed by atoms with Gasteiger partial charge in [0, 0.05) is 29.8 Å². The first kappa shape index (κ1) is 14.8. The number of nitrogens with one attached hydrogen (secondary N) is 1. The van der Waals surface area contributed by atoms with E-state index in [4.69, 9.17) is 5.26 Å². The Morgan fingerprint density at radius 2 is 2.10 bits per heavy atom. The van der Waals surface area contributed by atoms with E-state index in [1.54, 1.807) is 0 Å². The van der Waals surface area contributed by atoms with Gasteiger partial charge in [-0.3, -0.25) is 0 Å². The first-order valence-corrected chi connectivity index (χ1v) is 7.37.